The highest BCUT2D eigenvalue weighted by Gasteiger charge is 2.19. The van der Waals surface area contributed by atoms with E-state index in [0.717, 1.165) is 46.0 Å². The number of rotatable bonds is 9. The van der Waals surface area contributed by atoms with Crippen LogP contribution in [0.25, 0.3) is 66.9 Å². The van der Waals surface area contributed by atoms with Crippen molar-refractivity contribution in [1.29, 1.82) is 0 Å². The lowest BCUT2D eigenvalue weighted by atomic mass is 10.2. The number of hydrogen-bond donors (Lipinski definition) is 0. The molecule has 4 heterocycles. The van der Waals surface area contributed by atoms with E-state index in [1.54, 1.807) is 4.57 Å². The molecular formula is C40H38N6O4. The highest BCUT2D eigenvalue weighted by Crippen LogP contribution is 2.34. The van der Waals surface area contributed by atoms with Crippen molar-refractivity contribution in [3.63, 3.8) is 0 Å². The first-order chi connectivity index (χ1) is 24.4. The Morgan fingerprint density at radius 2 is 1.16 bits per heavy atom. The van der Waals surface area contributed by atoms with Crippen molar-refractivity contribution in [3.8, 4) is 28.8 Å². The third-order valence-corrected chi connectivity index (χ3v) is 8.30. The summed E-state index contributed by atoms with van der Waals surface area (Å²) < 4.78 is 19.8. The van der Waals surface area contributed by atoms with Crippen LogP contribution in [0.3, 0.4) is 0 Å². The van der Waals surface area contributed by atoms with Gasteiger partial charge in [0, 0.05) is 41.5 Å². The van der Waals surface area contributed by atoms with Crippen LogP contribution in [0.15, 0.2) is 123 Å². The number of nitrogens with zero attached hydrogens (tertiary/aromatic N) is 6. The highest BCUT2D eigenvalue weighted by atomic mass is 16.5. The number of ether oxygens (including phenoxy) is 1. The first-order valence-corrected chi connectivity index (χ1v) is 16.5. The van der Waals surface area contributed by atoms with E-state index in [9.17, 15) is 4.79 Å². The molecule has 10 heteroatoms. The Hall–Kier alpha value is -5.84. The summed E-state index contributed by atoms with van der Waals surface area (Å²) >= 11 is 0. The van der Waals surface area contributed by atoms with Gasteiger partial charge in [0.15, 0.2) is 22.2 Å². The largest absolute Gasteiger partial charge is 0.475 e. The Bertz CT molecular complexity index is 2450. The van der Waals surface area contributed by atoms with E-state index in [-0.39, 0.29) is 5.56 Å². The Labute approximate surface area is 289 Å². The van der Waals surface area contributed by atoms with Crippen LogP contribution in [0.5, 0.6) is 5.88 Å². The lowest BCUT2D eigenvalue weighted by Gasteiger charge is -2.13. The van der Waals surface area contributed by atoms with Crippen molar-refractivity contribution in [1.82, 2.24) is 29.3 Å². The number of fused-ring (bicyclic) bond motifs is 6. The zero-order valence-electron chi connectivity index (χ0n) is 28.5. The molecule has 10 nitrogen and oxygen atoms in total. The molecule has 0 spiro atoms. The maximum Gasteiger partial charge on any atom is 0.280 e. The van der Waals surface area contributed by atoms with E-state index in [1.165, 1.54) is 0 Å². The fraction of sp³-hybridized carbons (Fsp3) is 0.200. The molecule has 4 aromatic carbocycles. The number of oxazole rings is 2. The molecule has 8 aromatic rings. The molecule has 0 N–H and O–H groups in total. The SMILES string of the molecule is CN(C)CCOc1nc2ccccc2c2oc(-c3ccccc3)nc12.CN(C)CCn1c(=O)c2nc(-c3ccccc3)oc2c2ccccc21. The quantitative estimate of drug-likeness (QED) is 0.156. The predicted octanol–water partition coefficient (Wildman–Crippen LogP) is 7.35. The third kappa shape index (κ3) is 6.71. The summed E-state index contributed by atoms with van der Waals surface area (Å²) in [6, 6.07) is 35.2. The lowest BCUT2D eigenvalue weighted by molar-refractivity contribution is 0.256. The number of pyridine rings is 2. The molecule has 0 fully saturated rings. The van der Waals surface area contributed by atoms with Crippen LogP contribution in [-0.2, 0) is 6.54 Å². The van der Waals surface area contributed by atoms with Crippen molar-refractivity contribution in [2.45, 2.75) is 6.54 Å². The van der Waals surface area contributed by atoms with E-state index in [1.807, 2.05) is 137 Å². The van der Waals surface area contributed by atoms with Gasteiger partial charge in [-0.15, -0.1) is 0 Å². The van der Waals surface area contributed by atoms with Gasteiger partial charge in [-0.05, 0) is 76.7 Å². The fourth-order valence-electron chi connectivity index (χ4n) is 5.71. The molecule has 0 saturated carbocycles. The first kappa shape index (κ1) is 32.7. The molecule has 0 amide bonds. The summed E-state index contributed by atoms with van der Waals surface area (Å²) in [4.78, 5) is 31.0. The van der Waals surface area contributed by atoms with Gasteiger partial charge in [-0.3, -0.25) is 4.79 Å². The van der Waals surface area contributed by atoms with E-state index in [2.05, 4.69) is 24.8 Å². The monoisotopic (exact) mass is 666 g/mol. The van der Waals surface area contributed by atoms with E-state index in [0.29, 0.717) is 53.0 Å². The predicted molar refractivity (Wildman–Crippen MR) is 199 cm³/mol. The molecule has 0 saturated heterocycles. The second-order valence-electron chi connectivity index (χ2n) is 12.5. The molecule has 8 rings (SSSR count). The van der Waals surface area contributed by atoms with E-state index >= 15 is 0 Å². The fourth-order valence-corrected chi connectivity index (χ4v) is 5.71. The normalized spacial score (nSPS) is 11.6. The van der Waals surface area contributed by atoms with Crippen LogP contribution in [0.1, 0.15) is 0 Å². The van der Waals surface area contributed by atoms with Gasteiger partial charge in [-0.25, -0.2) is 15.0 Å². The Morgan fingerprint density at radius 1 is 0.620 bits per heavy atom. The molecular weight excluding hydrogens is 628 g/mol. The molecule has 50 heavy (non-hydrogen) atoms. The molecule has 0 radical (unpaired) electrons. The van der Waals surface area contributed by atoms with Crippen molar-refractivity contribution in [3.05, 3.63) is 120 Å². The maximum absolute atomic E-state index is 13.0. The Kier molecular flexibility index (Phi) is 9.37. The van der Waals surface area contributed by atoms with Gasteiger partial charge >= 0.3 is 0 Å². The zero-order valence-corrected chi connectivity index (χ0v) is 28.5. The average Bonchev–Trinajstić information content (AvgIpc) is 3.80. The number of benzene rings is 4. The average molecular weight is 667 g/mol. The number of hydrogen-bond acceptors (Lipinski definition) is 9. The lowest BCUT2D eigenvalue weighted by Crippen LogP contribution is -2.27. The van der Waals surface area contributed by atoms with Crippen LogP contribution >= 0.6 is 0 Å². The van der Waals surface area contributed by atoms with Crippen molar-refractivity contribution >= 4 is 44.0 Å². The first-order valence-electron chi connectivity index (χ1n) is 16.5. The summed E-state index contributed by atoms with van der Waals surface area (Å²) in [5, 5.41) is 1.85. The highest BCUT2D eigenvalue weighted by molar-refractivity contribution is 6.03. The summed E-state index contributed by atoms with van der Waals surface area (Å²) in [6.07, 6.45) is 0. The smallest absolute Gasteiger partial charge is 0.280 e. The minimum absolute atomic E-state index is 0.110. The van der Waals surface area contributed by atoms with Crippen LogP contribution in [0.2, 0.25) is 0 Å². The summed E-state index contributed by atoms with van der Waals surface area (Å²) in [6.45, 7) is 2.73. The summed E-state index contributed by atoms with van der Waals surface area (Å²) in [5.74, 6) is 1.57. The Morgan fingerprint density at radius 3 is 1.80 bits per heavy atom. The number of para-hydroxylation sites is 2. The standard InChI is InChI=1S/2C20H19N3O2/c1-22(2)12-13-23-16-11-7-6-10-15(16)18-17(20(23)24)21-19(25-18)14-8-4-3-5-9-14;1-23(2)12-13-24-20-17-18(15-10-6-7-11-16(15)21-20)25-19(22-17)14-8-4-3-5-9-14/h2*3-11H,12-13H2,1-2H3. The molecule has 252 valence electrons. The van der Waals surface area contributed by atoms with Crippen LogP contribution in [-0.4, -0.2) is 77.2 Å². The van der Waals surface area contributed by atoms with Crippen molar-refractivity contribution in [2.75, 3.05) is 47.9 Å². The van der Waals surface area contributed by atoms with Crippen molar-refractivity contribution in [2.24, 2.45) is 0 Å². The molecule has 0 bridgehead atoms. The van der Waals surface area contributed by atoms with E-state index < -0.39 is 0 Å². The summed E-state index contributed by atoms with van der Waals surface area (Å²) in [5.41, 5.74) is 5.71. The topological polar surface area (TPSA) is 103 Å². The van der Waals surface area contributed by atoms with Crippen LogP contribution < -0.4 is 10.3 Å². The second-order valence-corrected chi connectivity index (χ2v) is 12.5. The van der Waals surface area contributed by atoms with Gasteiger partial charge in [0.2, 0.25) is 17.7 Å². The maximum atomic E-state index is 13.0. The minimum atomic E-state index is -0.110. The Balaban J connectivity index is 0.000000157. The molecule has 0 aliphatic carbocycles. The minimum Gasteiger partial charge on any atom is -0.475 e. The summed E-state index contributed by atoms with van der Waals surface area (Å²) in [7, 11) is 8.01. The van der Waals surface area contributed by atoms with Gasteiger partial charge < -0.3 is 27.9 Å². The molecule has 0 atom stereocenters. The molecule has 0 aliphatic heterocycles. The second kappa shape index (κ2) is 14.3. The molecule has 0 unspecified atom stereocenters. The number of likely N-dealkylation sites (N-methyl/N-ethyl adjacent to an activating group) is 2. The number of aromatic nitrogens is 4. The van der Waals surface area contributed by atoms with Crippen molar-refractivity contribution < 1.29 is 13.6 Å². The van der Waals surface area contributed by atoms with Gasteiger partial charge in [-0.2, -0.15) is 0 Å². The van der Waals surface area contributed by atoms with Gasteiger partial charge in [-0.1, -0.05) is 60.7 Å². The van der Waals surface area contributed by atoms with Gasteiger partial charge in [0.25, 0.3) is 5.56 Å². The molecule has 4 aromatic heterocycles. The third-order valence-electron chi connectivity index (χ3n) is 8.30. The van der Waals surface area contributed by atoms with E-state index in [4.69, 9.17) is 13.6 Å². The van der Waals surface area contributed by atoms with Gasteiger partial charge in [0.05, 0.1) is 11.0 Å². The van der Waals surface area contributed by atoms with Crippen LogP contribution in [0, 0.1) is 0 Å². The zero-order chi connectivity index (χ0) is 34.6. The molecule has 0 aliphatic rings. The van der Waals surface area contributed by atoms with Gasteiger partial charge in [0.1, 0.15) is 6.61 Å². The van der Waals surface area contributed by atoms with Crippen LogP contribution in [0.4, 0.5) is 0 Å².